The molecule has 2 aromatic carbocycles. The molecule has 3 aromatic rings. The minimum atomic E-state index is -0.224. The molecule has 1 aliphatic rings. The van der Waals surface area contributed by atoms with E-state index < -0.39 is 0 Å². The van der Waals surface area contributed by atoms with Crippen molar-refractivity contribution in [1.29, 1.82) is 0 Å². The molecule has 1 aliphatic carbocycles. The maximum absolute atomic E-state index is 12.4. The smallest absolute Gasteiger partial charge is 0.255 e. The third-order valence-corrected chi connectivity index (χ3v) is 4.61. The van der Waals surface area contributed by atoms with E-state index in [1.54, 1.807) is 49.4 Å². The minimum Gasteiger partial charge on any atom is -0.441 e. The summed E-state index contributed by atoms with van der Waals surface area (Å²) in [7, 11) is 0. The van der Waals surface area contributed by atoms with Crippen LogP contribution in [0.25, 0.3) is 11.1 Å². The number of benzene rings is 2. The molecule has 132 valence electrons. The van der Waals surface area contributed by atoms with Gasteiger partial charge >= 0.3 is 0 Å². The number of oxazole rings is 1. The van der Waals surface area contributed by atoms with Gasteiger partial charge in [-0.25, -0.2) is 4.98 Å². The summed E-state index contributed by atoms with van der Waals surface area (Å²) in [4.78, 5) is 28.6. The van der Waals surface area contributed by atoms with Crippen molar-refractivity contribution in [3.63, 3.8) is 0 Å². The number of carbonyl (C=O) groups is 2. The predicted molar refractivity (Wildman–Crippen MR) is 99.0 cm³/mol. The molecule has 2 N–H and O–H groups in total. The Hall–Kier alpha value is -3.15. The molecule has 1 heterocycles. The Morgan fingerprint density at radius 1 is 1.08 bits per heavy atom. The average Bonchev–Trinajstić information content (AvgIpc) is 3.23. The maximum atomic E-state index is 12.4. The number of carbonyl (C=O) groups excluding carboxylic acids is 2. The van der Waals surface area contributed by atoms with Gasteiger partial charge in [0.15, 0.2) is 11.5 Å². The topological polar surface area (TPSA) is 84.2 Å². The zero-order valence-electron chi connectivity index (χ0n) is 14.6. The van der Waals surface area contributed by atoms with E-state index in [4.69, 9.17) is 4.42 Å². The Balaban J connectivity index is 1.42. The molecule has 26 heavy (non-hydrogen) atoms. The number of rotatable bonds is 4. The van der Waals surface area contributed by atoms with E-state index in [1.165, 1.54) is 0 Å². The van der Waals surface area contributed by atoms with Crippen LogP contribution in [-0.4, -0.2) is 16.8 Å². The summed E-state index contributed by atoms with van der Waals surface area (Å²) in [6.45, 7) is 3.85. The zero-order valence-corrected chi connectivity index (χ0v) is 14.6. The Labute approximate surface area is 150 Å². The number of anilines is 2. The van der Waals surface area contributed by atoms with Gasteiger partial charge in [-0.1, -0.05) is 6.92 Å². The van der Waals surface area contributed by atoms with E-state index in [0.717, 1.165) is 6.42 Å². The molecular weight excluding hydrogens is 330 g/mol. The molecule has 1 fully saturated rings. The third-order valence-electron chi connectivity index (χ3n) is 4.61. The average molecular weight is 349 g/mol. The Morgan fingerprint density at radius 2 is 1.77 bits per heavy atom. The fourth-order valence-corrected chi connectivity index (χ4v) is 2.95. The van der Waals surface area contributed by atoms with Crippen LogP contribution in [0.4, 0.5) is 11.4 Å². The fraction of sp³-hybridized carbons (Fsp3) is 0.250. The first-order chi connectivity index (χ1) is 12.5. The van der Waals surface area contributed by atoms with Crippen LogP contribution in [0.2, 0.25) is 0 Å². The van der Waals surface area contributed by atoms with Crippen LogP contribution in [0.3, 0.4) is 0 Å². The number of amides is 2. The molecule has 2 amide bonds. The summed E-state index contributed by atoms with van der Waals surface area (Å²) >= 11 is 0. The van der Waals surface area contributed by atoms with Crippen molar-refractivity contribution in [1.82, 2.24) is 4.98 Å². The van der Waals surface area contributed by atoms with E-state index in [2.05, 4.69) is 22.5 Å². The largest absolute Gasteiger partial charge is 0.441 e. The van der Waals surface area contributed by atoms with E-state index >= 15 is 0 Å². The van der Waals surface area contributed by atoms with Crippen LogP contribution in [0.15, 0.2) is 46.9 Å². The van der Waals surface area contributed by atoms with Gasteiger partial charge in [0.05, 0.1) is 0 Å². The second-order valence-electron chi connectivity index (χ2n) is 6.76. The SMILES string of the molecule is Cc1nc2cc(NC(=O)c3ccc(NC(=O)[C@@H]4C[C@H]4C)cc3)ccc2o1. The highest BCUT2D eigenvalue weighted by Crippen LogP contribution is 2.38. The molecule has 0 spiro atoms. The number of fused-ring (bicyclic) bond motifs is 1. The van der Waals surface area contributed by atoms with Crippen LogP contribution in [0, 0.1) is 18.8 Å². The first kappa shape index (κ1) is 16.3. The molecule has 6 nitrogen and oxygen atoms in total. The fourth-order valence-electron chi connectivity index (χ4n) is 2.95. The second kappa shape index (κ2) is 6.29. The molecule has 0 unspecified atom stereocenters. The van der Waals surface area contributed by atoms with Gasteiger partial charge in [0.25, 0.3) is 5.91 Å². The third kappa shape index (κ3) is 3.31. The molecule has 0 aliphatic heterocycles. The van der Waals surface area contributed by atoms with Gasteiger partial charge in [-0.2, -0.15) is 0 Å². The number of nitrogens with one attached hydrogen (secondary N) is 2. The maximum Gasteiger partial charge on any atom is 0.255 e. The highest BCUT2D eigenvalue weighted by molar-refractivity contribution is 6.05. The van der Waals surface area contributed by atoms with Crippen molar-refractivity contribution in [2.24, 2.45) is 11.8 Å². The lowest BCUT2D eigenvalue weighted by atomic mass is 10.1. The highest BCUT2D eigenvalue weighted by atomic mass is 16.3. The standard InChI is InChI=1S/C20H19N3O3/c1-11-9-16(11)20(25)22-14-5-3-13(4-6-14)19(24)23-15-7-8-18-17(10-15)21-12(2)26-18/h3-8,10-11,16H,9H2,1-2H3,(H,22,25)(H,23,24)/t11-,16-/m1/s1. The quantitative estimate of drug-likeness (QED) is 0.746. The Morgan fingerprint density at radius 3 is 2.46 bits per heavy atom. The van der Waals surface area contributed by atoms with Crippen molar-refractivity contribution in [3.05, 3.63) is 53.9 Å². The molecular formula is C20H19N3O3. The van der Waals surface area contributed by atoms with Crippen molar-refractivity contribution in [2.45, 2.75) is 20.3 Å². The van der Waals surface area contributed by atoms with Gasteiger partial charge in [-0.05, 0) is 54.8 Å². The molecule has 0 bridgehead atoms. The number of aryl methyl sites for hydroxylation is 1. The van der Waals surface area contributed by atoms with Gasteiger partial charge in [-0.3, -0.25) is 9.59 Å². The lowest BCUT2D eigenvalue weighted by Gasteiger charge is -2.07. The molecule has 0 saturated heterocycles. The Kier molecular flexibility index (Phi) is 3.95. The molecule has 1 aromatic heterocycles. The number of nitrogens with zero attached hydrogens (tertiary/aromatic N) is 1. The van der Waals surface area contributed by atoms with E-state index in [1.807, 2.05) is 0 Å². The monoisotopic (exact) mass is 349 g/mol. The normalized spacial score (nSPS) is 18.5. The summed E-state index contributed by atoms with van der Waals surface area (Å²) in [5.74, 6) is 0.991. The van der Waals surface area contributed by atoms with Crippen LogP contribution in [0.5, 0.6) is 0 Å². The zero-order chi connectivity index (χ0) is 18.3. The van der Waals surface area contributed by atoms with Crippen LogP contribution < -0.4 is 10.6 Å². The first-order valence-corrected chi connectivity index (χ1v) is 8.59. The predicted octanol–water partition coefficient (Wildman–Crippen LogP) is 3.98. The molecule has 4 rings (SSSR count). The summed E-state index contributed by atoms with van der Waals surface area (Å²) in [6, 6.07) is 12.2. The summed E-state index contributed by atoms with van der Waals surface area (Å²) in [5, 5.41) is 5.73. The minimum absolute atomic E-state index is 0.0471. The lowest BCUT2D eigenvalue weighted by molar-refractivity contribution is -0.117. The lowest BCUT2D eigenvalue weighted by Crippen LogP contribution is -2.15. The second-order valence-corrected chi connectivity index (χ2v) is 6.76. The van der Waals surface area contributed by atoms with Gasteiger partial charge in [0.2, 0.25) is 5.91 Å². The summed E-state index contributed by atoms with van der Waals surface area (Å²) in [6.07, 6.45) is 0.946. The molecule has 1 saturated carbocycles. The first-order valence-electron chi connectivity index (χ1n) is 8.59. The van der Waals surface area contributed by atoms with Crippen LogP contribution >= 0.6 is 0 Å². The van der Waals surface area contributed by atoms with Crippen molar-refractivity contribution in [2.75, 3.05) is 10.6 Å². The van der Waals surface area contributed by atoms with Gasteiger partial charge in [0.1, 0.15) is 5.52 Å². The van der Waals surface area contributed by atoms with Crippen LogP contribution in [-0.2, 0) is 4.79 Å². The summed E-state index contributed by atoms with van der Waals surface area (Å²) < 4.78 is 5.43. The van der Waals surface area contributed by atoms with Crippen molar-refractivity contribution in [3.8, 4) is 0 Å². The van der Waals surface area contributed by atoms with Crippen molar-refractivity contribution >= 4 is 34.3 Å². The van der Waals surface area contributed by atoms with Crippen molar-refractivity contribution < 1.29 is 14.0 Å². The van der Waals surface area contributed by atoms with E-state index in [-0.39, 0.29) is 17.7 Å². The summed E-state index contributed by atoms with van der Waals surface area (Å²) in [5.41, 5.74) is 3.25. The van der Waals surface area contributed by atoms with E-state index in [0.29, 0.717) is 39.8 Å². The molecule has 0 radical (unpaired) electrons. The van der Waals surface area contributed by atoms with Gasteiger partial charge in [-0.15, -0.1) is 0 Å². The highest BCUT2D eigenvalue weighted by Gasteiger charge is 2.39. The van der Waals surface area contributed by atoms with E-state index in [9.17, 15) is 9.59 Å². The molecule has 2 atom stereocenters. The number of aromatic nitrogens is 1. The molecule has 6 heteroatoms. The van der Waals surface area contributed by atoms with Crippen LogP contribution in [0.1, 0.15) is 29.6 Å². The number of hydrogen-bond donors (Lipinski definition) is 2. The Bertz CT molecular complexity index is 991. The number of hydrogen-bond acceptors (Lipinski definition) is 4. The van der Waals surface area contributed by atoms with Gasteiger partial charge < -0.3 is 15.1 Å². The van der Waals surface area contributed by atoms with Gasteiger partial charge in [0, 0.05) is 29.8 Å².